The molecule has 70 valence electrons. The predicted molar refractivity (Wildman–Crippen MR) is 41.5 cm³/mol. The molecule has 2 rings (SSSR count). The first-order chi connectivity index (χ1) is 6.24. The SMILES string of the molecule is OCc1c(F)cc(F)c2c1CCO2. The van der Waals surface area contributed by atoms with E-state index in [1.165, 1.54) is 0 Å². The van der Waals surface area contributed by atoms with E-state index in [4.69, 9.17) is 9.84 Å². The molecule has 0 aliphatic carbocycles. The first-order valence-electron chi connectivity index (χ1n) is 3.97. The quantitative estimate of drug-likeness (QED) is 0.718. The van der Waals surface area contributed by atoms with Crippen molar-refractivity contribution in [2.45, 2.75) is 13.0 Å². The van der Waals surface area contributed by atoms with Gasteiger partial charge in [-0.2, -0.15) is 0 Å². The van der Waals surface area contributed by atoms with Crippen LogP contribution in [0.3, 0.4) is 0 Å². The molecule has 0 saturated heterocycles. The predicted octanol–water partition coefficient (Wildman–Crippen LogP) is 1.39. The Morgan fingerprint density at radius 1 is 1.38 bits per heavy atom. The molecule has 13 heavy (non-hydrogen) atoms. The second kappa shape index (κ2) is 2.96. The van der Waals surface area contributed by atoms with Gasteiger partial charge in [-0.3, -0.25) is 0 Å². The number of aliphatic hydroxyl groups excluding tert-OH is 1. The fourth-order valence-electron chi connectivity index (χ4n) is 1.54. The van der Waals surface area contributed by atoms with Crippen LogP contribution < -0.4 is 4.74 Å². The summed E-state index contributed by atoms with van der Waals surface area (Å²) in [5.41, 5.74) is 0.605. The average Bonchev–Trinajstić information content (AvgIpc) is 2.53. The Morgan fingerprint density at radius 2 is 2.15 bits per heavy atom. The van der Waals surface area contributed by atoms with Crippen LogP contribution in [0.1, 0.15) is 11.1 Å². The monoisotopic (exact) mass is 186 g/mol. The van der Waals surface area contributed by atoms with Crippen LogP contribution in [0.15, 0.2) is 6.07 Å². The summed E-state index contributed by atoms with van der Waals surface area (Å²) in [6, 6.07) is 0.746. The highest BCUT2D eigenvalue weighted by atomic mass is 19.1. The Balaban J connectivity index is 2.65. The van der Waals surface area contributed by atoms with Crippen molar-refractivity contribution >= 4 is 0 Å². The van der Waals surface area contributed by atoms with Gasteiger partial charge in [0.05, 0.1) is 13.2 Å². The van der Waals surface area contributed by atoms with Crippen LogP contribution in [-0.2, 0) is 13.0 Å². The zero-order chi connectivity index (χ0) is 9.42. The maximum absolute atomic E-state index is 13.1. The Hall–Kier alpha value is -1.16. The number of hydrogen-bond donors (Lipinski definition) is 1. The van der Waals surface area contributed by atoms with Gasteiger partial charge in [0.2, 0.25) is 0 Å². The fraction of sp³-hybridized carbons (Fsp3) is 0.333. The van der Waals surface area contributed by atoms with Crippen LogP contribution in [0.5, 0.6) is 5.75 Å². The van der Waals surface area contributed by atoms with Gasteiger partial charge in [-0.05, 0) is 0 Å². The van der Waals surface area contributed by atoms with E-state index in [-0.39, 0.29) is 11.3 Å². The number of ether oxygens (including phenoxy) is 1. The van der Waals surface area contributed by atoms with Crippen molar-refractivity contribution in [1.29, 1.82) is 0 Å². The molecule has 0 radical (unpaired) electrons. The highest BCUT2D eigenvalue weighted by molar-refractivity contribution is 5.44. The van der Waals surface area contributed by atoms with Gasteiger partial charge in [0.1, 0.15) is 5.82 Å². The molecule has 0 amide bonds. The molecule has 1 aliphatic heterocycles. The van der Waals surface area contributed by atoms with Crippen molar-refractivity contribution in [1.82, 2.24) is 0 Å². The largest absolute Gasteiger partial charge is 0.490 e. The summed E-state index contributed by atoms with van der Waals surface area (Å²) < 4.78 is 31.0. The summed E-state index contributed by atoms with van der Waals surface area (Å²) in [4.78, 5) is 0. The smallest absolute Gasteiger partial charge is 0.168 e. The van der Waals surface area contributed by atoms with E-state index in [2.05, 4.69) is 0 Å². The summed E-state index contributed by atoms with van der Waals surface area (Å²) in [6.45, 7) is -0.0689. The molecule has 0 atom stereocenters. The van der Waals surface area contributed by atoms with Crippen molar-refractivity contribution in [3.8, 4) is 5.75 Å². The van der Waals surface area contributed by atoms with Gasteiger partial charge < -0.3 is 9.84 Å². The van der Waals surface area contributed by atoms with Gasteiger partial charge >= 0.3 is 0 Å². The molecule has 1 heterocycles. The topological polar surface area (TPSA) is 29.5 Å². The van der Waals surface area contributed by atoms with Crippen LogP contribution in [0.25, 0.3) is 0 Å². The van der Waals surface area contributed by atoms with Crippen LogP contribution in [-0.4, -0.2) is 11.7 Å². The normalized spacial score (nSPS) is 14.1. The van der Waals surface area contributed by atoms with E-state index in [1.807, 2.05) is 0 Å². The van der Waals surface area contributed by atoms with E-state index in [0.29, 0.717) is 18.6 Å². The van der Waals surface area contributed by atoms with Gasteiger partial charge in [-0.25, -0.2) is 8.78 Å². The Bertz CT molecular complexity index is 350. The Kier molecular flexibility index (Phi) is 1.92. The highest BCUT2D eigenvalue weighted by Crippen LogP contribution is 2.33. The van der Waals surface area contributed by atoms with Crippen molar-refractivity contribution in [3.63, 3.8) is 0 Å². The lowest BCUT2D eigenvalue weighted by Crippen LogP contribution is -1.97. The lowest BCUT2D eigenvalue weighted by atomic mass is 10.0. The lowest BCUT2D eigenvalue weighted by molar-refractivity contribution is 0.274. The summed E-state index contributed by atoms with van der Waals surface area (Å²) in [6.07, 6.45) is 0.458. The Labute approximate surface area is 73.8 Å². The lowest BCUT2D eigenvalue weighted by Gasteiger charge is -2.06. The summed E-state index contributed by atoms with van der Waals surface area (Å²) in [5.74, 6) is -1.31. The average molecular weight is 186 g/mol. The van der Waals surface area contributed by atoms with Gasteiger partial charge in [0.25, 0.3) is 0 Å². The number of rotatable bonds is 1. The minimum atomic E-state index is -0.704. The minimum absolute atomic E-state index is 0.0884. The van der Waals surface area contributed by atoms with Gasteiger partial charge in [0.15, 0.2) is 11.6 Å². The molecule has 0 unspecified atom stereocenters. The molecule has 0 bridgehead atoms. The first-order valence-corrected chi connectivity index (χ1v) is 3.97. The first kappa shape index (κ1) is 8.44. The van der Waals surface area contributed by atoms with E-state index >= 15 is 0 Å². The molecule has 0 aromatic heterocycles. The van der Waals surface area contributed by atoms with Crippen LogP contribution in [0.2, 0.25) is 0 Å². The second-order valence-electron chi connectivity index (χ2n) is 2.88. The molecular formula is C9H8F2O2. The molecule has 2 nitrogen and oxygen atoms in total. The third-order valence-electron chi connectivity index (χ3n) is 2.15. The highest BCUT2D eigenvalue weighted by Gasteiger charge is 2.23. The number of aliphatic hydroxyl groups is 1. The fourth-order valence-corrected chi connectivity index (χ4v) is 1.54. The summed E-state index contributed by atoms with van der Waals surface area (Å²) >= 11 is 0. The van der Waals surface area contributed by atoms with E-state index in [1.54, 1.807) is 0 Å². The zero-order valence-electron chi connectivity index (χ0n) is 6.81. The van der Waals surface area contributed by atoms with E-state index < -0.39 is 18.2 Å². The van der Waals surface area contributed by atoms with Gasteiger partial charge in [-0.1, -0.05) is 0 Å². The van der Waals surface area contributed by atoms with Gasteiger partial charge in [0, 0.05) is 23.6 Å². The molecule has 1 aromatic rings. The van der Waals surface area contributed by atoms with Crippen LogP contribution in [0.4, 0.5) is 8.78 Å². The third kappa shape index (κ3) is 1.18. The number of hydrogen-bond acceptors (Lipinski definition) is 2. The minimum Gasteiger partial charge on any atom is -0.490 e. The summed E-state index contributed by atoms with van der Waals surface area (Å²) in [5, 5.41) is 8.86. The maximum Gasteiger partial charge on any atom is 0.168 e. The van der Waals surface area contributed by atoms with Crippen molar-refractivity contribution in [2.24, 2.45) is 0 Å². The summed E-state index contributed by atoms with van der Waals surface area (Å²) in [7, 11) is 0. The molecule has 1 aliphatic rings. The number of fused-ring (bicyclic) bond motifs is 1. The molecule has 0 spiro atoms. The van der Waals surface area contributed by atoms with Crippen molar-refractivity contribution < 1.29 is 18.6 Å². The Morgan fingerprint density at radius 3 is 2.85 bits per heavy atom. The molecule has 0 saturated carbocycles. The molecule has 1 N–H and O–H groups in total. The molecule has 4 heteroatoms. The van der Waals surface area contributed by atoms with Gasteiger partial charge in [-0.15, -0.1) is 0 Å². The maximum atomic E-state index is 13.1. The molecule has 0 fully saturated rings. The van der Waals surface area contributed by atoms with Crippen LogP contribution in [0, 0.1) is 11.6 Å². The van der Waals surface area contributed by atoms with Crippen molar-refractivity contribution in [2.75, 3.05) is 6.61 Å². The standard InChI is InChI=1S/C9H8F2O2/c10-7-3-8(11)9-5(1-2-13-9)6(7)4-12/h3,12H,1-2,4H2. The third-order valence-corrected chi connectivity index (χ3v) is 2.15. The zero-order valence-corrected chi connectivity index (χ0v) is 6.81. The second-order valence-corrected chi connectivity index (χ2v) is 2.88. The molecule has 1 aromatic carbocycles. The number of benzene rings is 1. The van der Waals surface area contributed by atoms with Crippen LogP contribution >= 0.6 is 0 Å². The van der Waals surface area contributed by atoms with E-state index in [0.717, 1.165) is 6.07 Å². The molecular weight excluding hydrogens is 178 g/mol. The van der Waals surface area contributed by atoms with E-state index in [9.17, 15) is 8.78 Å². The number of halogens is 2. The van der Waals surface area contributed by atoms with Crippen molar-refractivity contribution in [3.05, 3.63) is 28.8 Å².